The van der Waals surface area contributed by atoms with Gasteiger partial charge in [0.2, 0.25) is 0 Å². The summed E-state index contributed by atoms with van der Waals surface area (Å²) in [7, 11) is 1.68. The highest BCUT2D eigenvalue weighted by Gasteiger charge is 2.26. The molecular formula is C19H23Cl2N3O2. The second-order valence-corrected chi connectivity index (χ2v) is 5.87. The Labute approximate surface area is 166 Å². The average molecular weight is 396 g/mol. The molecule has 1 amide bonds. The summed E-state index contributed by atoms with van der Waals surface area (Å²) >= 11 is 0. The summed E-state index contributed by atoms with van der Waals surface area (Å²) in [5.74, 6) is 1.01. The molecule has 0 saturated carbocycles. The number of quaternary nitrogens is 2. The minimum Gasteiger partial charge on any atom is -1.00 e. The largest absolute Gasteiger partial charge is 1.00 e. The van der Waals surface area contributed by atoms with Crippen LogP contribution < -0.4 is 39.8 Å². The molecule has 1 unspecified atom stereocenters. The second kappa shape index (κ2) is 10.9. The molecule has 1 aliphatic heterocycles. The summed E-state index contributed by atoms with van der Waals surface area (Å²) in [5.41, 5.74) is 2.73. The molecule has 26 heavy (non-hydrogen) atoms. The van der Waals surface area contributed by atoms with Gasteiger partial charge >= 0.3 is 5.91 Å². The van der Waals surface area contributed by atoms with Gasteiger partial charge in [0, 0.05) is 12.0 Å². The van der Waals surface area contributed by atoms with Gasteiger partial charge in [-0.25, -0.2) is 14.7 Å². The molecule has 0 saturated heterocycles. The Kier molecular flexibility index (Phi) is 9.30. The summed E-state index contributed by atoms with van der Waals surface area (Å²) in [4.78, 5) is 17.6. The highest BCUT2D eigenvalue weighted by atomic mass is 35.5. The first kappa shape index (κ1) is 22.1. The zero-order valence-corrected chi connectivity index (χ0v) is 16.1. The van der Waals surface area contributed by atoms with Crippen LogP contribution in [0.1, 0.15) is 22.3 Å². The van der Waals surface area contributed by atoms with E-state index in [4.69, 9.17) is 4.74 Å². The fourth-order valence-electron chi connectivity index (χ4n) is 2.84. The van der Waals surface area contributed by atoms with Crippen molar-refractivity contribution < 1.29 is 44.6 Å². The van der Waals surface area contributed by atoms with Crippen molar-refractivity contribution in [1.29, 1.82) is 0 Å². The molecule has 3 rings (SSSR count). The number of methoxy groups -OCH3 is 1. The lowest BCUT2D eigenvalue weighted by Crippen LogP contribution is -3.14. The Morgan fingerprint density at radius 2 is 1.92 bits per heavy atom. The van der Waals surface area contributed by atoms with Crippen molar-refractivity contribution in [3.63, 3.8) is 0 Å². The number of carbonyl (C=O) groups is 1. The standard InChI is InChI=1S/C19H21N3O2.2ClH/c1-24-16-7-4-6-15(12-16)13-20-10-5-11-22-14-21-18-9-3-2-8-17(18)19(22)23;;/h2-4,6-9,12,14,20H,5,10-11,13H2,1H3;2*1H. The normalized spacial score (nSPS) is 14.8. The number of benzene rings is 2. The summed E-state index contributed by atoms with van der Waals surface area (Å²) in [6.07, 6.45) is 2.69. The molecule has 1 aliphatic rings. The maximum atomic E-state index is 12.4. The summed E-state index contributed by atoms with van der Waals surface area (Å²) < 4.78 is 5.23. The molecule has 0 fully saturated rings. The lowest BCUT2D eigenvalue weighted by atomic mass is 10.1. The molecule has 7 heteroatoms. The van der Waals surface area contributed by atoms with Crippen LogP contribution in [0.3, 0.4) is 0 Å². The Bertz CT molecular complexity index is 753. The topological polar surface area (TPSA) is 59.7 Å². The van der Waals surface area contributed by atoms with Gasteiger partial charge in [-0.1, -0.05) is 24.3 Å². The van der Waals surface area contributed by atoms with Crippen LogP contribution in [0.2, 0.25) is 0 Å². The first-order chi connectivity index (χ1) is 11.8. The van der Waals surface area contributed by atoms with Gasteiger partial charge in [-0.05, 0) is 24.3 Å². The van der Waals surface area contributed by atoms with Crippen LogP contribution in [0, 0.1) is 0 Å². The highest BCUT2D eigenvalue weighted by molar-refractivity contribution is 5.98. The number of nitrogens with one attached hydrogen (secondary N) is 1. The second-order valence-electron chi connectivity index (χ2n) is 5.87. The van der Waals surface area contributed by atoms with Crippen molar-refractivity contribution in [2.75, 3.05) is 20.2 Å². The van der Waals surface area contributed by atoms with Crippen LogP contribution in [-0.2, 0) is 6.54 Å². The predicted molar refractivity (Wildman–Crippen MR) is 92.9 cm³/mol. The van der Waals surface area contributed by atoms with Crippen molar-refractivity contribution in [1.82, 2.24) is 0 Å². The molecule has 1 atom stereocenters. The van der Waals surface area contributed by atoms with Gasteiger partial charge in [0.05, 0.1) is 25.9 Å². The maximum absolute atomic E-state index is 12.4. The minimum absolute atomic E-state index is 0. The van der Waals surface area contributed by atoms with Gasteiger partial charge in [0.1, 0.15) is 17.9 Å². The number of amides is 1. The third-order valence-corrected chi connectivity index (χ3v) is 4.17. The Hall–Kier alpha value is -1.92. The molecule has 0 aliphatic carbocycles. The number of carbonyl (C=O) groups excluding carboxylic acids is 1. The van der Waals surface area contributed by atoms with E-state index in [9.17, 15) is 4.79 Å². The summed E-state index contributed by atoms with van der Waals surface area (Å²) in [6, 6.07) is 15.6. The Morgan fingerprint density at radius 1 is 1.12 bits per heavy atom. The summed E-state index contributed by atoms with van der Waals surface area (Å²) in [6.45, 7) is 2.66. The Morgan fingerprint density at radius 3 is 2.73 bits per heavy atom. The van der Waals surface area contributed by atoms with Crippen molar-refractivity contribution >= 4 is 17.9 Å². The van der Waals surface area contributed by atoms with Crippen LogP contribution in [-0.4, -0.2) is 32.4 Å². The monoisotopic (exact) mass is 395 g/mol. The van der Waals surface area contributed by atoms with Crippen molar-refractivity contribution in [2.24, 2.45) is 4.99 Å². The van der Waals surface area contributed by atoms with E-state index >= 15 is 0 Å². The minimum atomic E-state index is 0. The SMILES string of the molecule is COc1cccc(C[NH2+]CCC[NH+]2C=Nc3ccccc3C2=O)c1.[Cl-].[Cl-]. The number of hydrogen-bond donors (Lipinski definition) is 2. The number of ether oxygens (including phenoxy) is 1. The molecule has 0 radical (unpaired) electrons. The van der Waals surface area contributed by atoms with E-state index in [1.165, 1.54) is 5.56 Å². The van der Waals surface area contributed by atoms with E-state index in [0.29, 0.717) is 0 Å². The van der Waals surface area contributed by atoms with Gasteiger partial charge in [0.15, 0.2) is 6.34 Å². The van der Waals surface area contributed by atoms with E-state index < -0.39 is 0 Å². The van der Waals surface area contributed by atoms with Crippen molar-refractivity contribution in [3.05, 3.63) is 59.7 Å². The molecule has 140 valence electrons. The Balaban J connectivity index is 0.00000169. The van der Waals surface area contributed by atoms with Crippen LogP contribution >= 0.6 is 0 Å². The predicted octanol–water partition coefficient (Wildman–Crippen LogP) is -5.44. The van der Waals surface area contributed by atoms with E-state index in [1.807, 2.05) is 36.4 Å². The van der Waals surface area contributed by atoms with Gasteiger partial charge in [-0.15, -0.1) is 0 Å². The van der Waals surface area contributed by atoms with E-state index in [-0.39, 0.29) is 30.7 Å². The number of rotatable bonds is 7. The molecule has 5 nitrogen and oxygen atoms in total. The third-order valence-electron chi connectivity index (χ3n) is 4.17. The molecule has 2 aromatic rings. The fraction of sp³-hybridized carbons (Fsp3) is 0.263. The van der Waals surface area contributed by atoms with Crippen molar-refractivity contribution in [2.45, 2.75) is 13.0 Å². The smallest absolute Gasteiger partial charge is 0.352 e. The van der Waals surface area contributed by atoms with Gasteiger partial charge in [-0.2, -0.15) is 0 Å². The quantitative estimate of drug-likeness (QED) is 0.459. The molecule has 0 bridgehead atoms. The van der Waals surface area contributed by atoms with Crippen molar-refractivity contribution in [3.8, 4) is 5.75 Å². The average Bonchev–Trinajstić information content (AvgIpc) is 2.63. The number of halogens is 2. The number of nitrogens with two attached hydrogens (primary N) is 1. The first-order valence-corrected chi connectivity index (χ1v) is 8.26. The third kappa shape index (κ3) is 5.54. The summed E-state index contributed by atoms with van der Waals surface area (Å²) in [5, 5.41) is 2.26. The number of nitrogens with zero attached hydrogens (tertiary/aromatic N) is 1. The molecule has 1 heterocycles. The van der Waals surface area contributed by atoms with Crippen LogP contribution in [0.4, 0.5) is 5.69 Å². The molecule has 3 N–H and O–H groups in total. The number of fused-ring (bicyclic) bond motifs is 1. The lowest BCUT2D eigenvalue weighted by molar-refractivity contribution is -0.718. The zero-order valence-electron chi connectivity index (χ0n) is 14.6. The lowest BCUT2D eigenvalue weighted by Gasteiger charge is -2.16. The maximum Gasteiger partial charge on any atom is 0.352 e. The van der Waals surface area contributed by atoms with Gasteiger partial charge in [0.25, 0.3) is 0 Å². The molecular weight excluding hydrogens is 373 g/mol. The first-order valence-electron chi connectivity index (χ1n) is 8.26. The van der Waals surface area contributed by atoms with E-state index in [2.05, 4.69) is 22.4 Å². The van der Waals surface area contributed by atoms with Gasteiger partial charge < -0.3 is 34.9 Å². The number of para-hydroxylation sites is 1. The van der Waals surface area contributed by atoms with Crippen LogP contribution in [0.15, 0.2) is 53.5 Å². The van der Waals surface area contributed by atoms with E-state index in [1.54, 1.807) is 13.4 Å². The number of aliphatic imine (C=N–C) groups is 1. The van der Waals surface area contributed by atoms with Crippen LogP contribution in [0.25, 0.3) is 0 Å². The fourth-order valence-corrected chi connectivity index (χ4v) is 2.84. The zero-order chi connectivity index (χ0) is 16.8. The van der Waals surface area contributed by atoms with E-state index in [0.717, 1.165) is 48.0 Å². The number of hydrogen-bond acceptors (Lipinski definition) is 3. The molecule has 0 spiro atoms. The molecule has 2 aromatic carbocycles. The van der Waals surface area contributed by atoms with Gasteiger partial charge in [-0.3, -0.25) is 0 Å². The van der Waals surface area contributed by atoms with Crippen LogP contribution in [0.5, 0.6) is 5.75 Å². The highest BCUT2D eigenvalue weighted by Crippen LogP contribution is 2.18. The molecule has 0 aromatic heterocycles.